The van der Waals surface area contributed by atoms with Gasteiger partial charge >= 0.3 is 11.8 Å². The molecule has 0 saturated heterocycles. The molecule has 2 aromatic carbocycles. The molecule has 0 bridgehead atoms. The number of amides is 3. The van der Waals surface area contributed by atoms with Crippen LogP contribution in [-0.2, 0) is 19.6 Å². The van der Waals surface area contributed by atoms with Crippen molar-refractivity contribution in [2.45, 2.75) is 13.0 Å². The first-order valence-corrected chi connectivity index (χ1v) is 11.6. The molecular weight excluding hydrogens is 448 g/mol. The van der Waals surface area contributed by atoms with E-state index in [1.807, 2.05) is 0 Å². The lowest BCUT2D eigenvalue weighted by Gasteiger charge is -2.15. The van der Waals surface area contributed by atoms with Crippen molar-refractivity contribution in [1.29, 1.82) is 0 Å². The maximum atomic E-state index is 12.3. The molecule has 172 valence electrons. The van der Waals surface area contributed by atoms with Gasteiger partial charge in [-0.3, -0.25) is 19.1 Å². The Morgan fingerprint density at radius 1 is 0.848 bits per heavy atom. The van der Waals surface area contributed by atoms with E-state index in [9.17, 15) is 22.8 Å². The lowest BCUT2D eigenvalue weighted by Crippen LogP contribution is -2.36. The van der Waals surface area contributed by atoms with Gasteiger partial charge in [-0.1, -0.05) is 18.2 Å². The van der Waals surface area contributed by atoms with Crippen molar-refractivity contribution in [2.24, 2.45) is 0 Å². The van der Waals surface area contributed by atoms with Crippen LogP contribution in [0.4, 0.5) is 17.1 Å². The molecule has 3 aromatic rings. The second-order valence-electron chi connectivity index (χ2n) is 7.16. The molecule has 0 aliphatic heterocycles. The molecule has 1 heterocycles. The third-order valence-corrected chi connectivity index (χ3v) is 4.97. The smallest absolute Gasteiger partial charge is 0.313 e. The zero-order chi connectivity index (χ0) is 24.0. The van der Waals surface area contributed by atoms with Crippen LogP contribution in [0.15, 0.2) is 71.3 Å². The van der Waals surface area contributed by atoms with Crippen molar-refractivity contribution < 1.29 is 27.2 Å². The quantitative estimate of drug-likeness (QED) is 0.391. The Balaban J connectivity index is 1.60. The van der Waals surface area contributed by atoms with Crippen LogP contribution in [-0.4, -0.2) is 32.4 Å². The topological polar surface area (TPSA) is 147 Å². The zero-order valence-corrected chi connectivity index (χ0v) is 18.6. The van der Waals surface area contributed by atoms with Gasteiger partial charge in [0.1, 0.15) is 0 Å². The van der Waals surface area contributed by atoms with Gasteiger partial charge < -0.3 is 20.4 Å². The van der Waals surface area contributed by atoms with Gasteiger partial charge in [0, 0.05) is 17.1 Å². The van der Waals surface area contributed by atoms with E-state index >= 15 is 0 Å². The van der Waals surface area contributed by atoms with Crippen LogP contribution >= 0.6 is 0 Å². The molecule has 0 fully saturated rings. The number of hydrogen-bond donors (Lipinski definition) is 4. The molecule has 0 aliphatic rings. The van der Waals surface area contributed by atoms with E-state index < -0.39 is 33.8 Å². The summed E-state index contributed by atoms with van der Waals surface area (Å²) in [5.74, 6) is -2.10. The number of anilines is 3. The van der Waals surface area contributed by atoms with E-state index in [0.717, 1.165) is 6.26 Å². The van der Waals surface area contributed by atoms with Gasteiger partial charge in [0.05, 0.1) is 18.6 Å². The lowest BCUT2D eigenvalue weighted by molar-refractivity contribution is -0.136. The molecule has 0 saturated carbocycles. The highest BCUT2D eigenvalue weighted by Crippen LogP contribution is 2.19. The van der Waals surface area contributed by atoms with Crippen LogP contribution in [0.5, 0.6) is 0 Å². The van der Waals surface area contributed by atoms with Crippen LogP contribution < -0.4 is 20.7 Å². The fourth-order valence-electron chi connectivity index (χ4n) is 2.89. The second-order valence-corrected chi connectivity index (χ2v) is 8.91. The molecule has 10 nitrogen and oxygen atoms in total. The predicted octanol–water partition coefficient (Wildman–Crippen LogP) is 2.72. The molecule has 33 heavy (non-hydrogen) atoms. The van der Waals surface area contributed by atoms with Crippen molar-refractivity contribution in [3.63, 3.8) is 0 Å². The van der Waals surface area contributed by atoms with E-state index in [1.165, 1.54) is 18.4 Å². The van der Waals surface area contributed by atoms with E-state index in [1.54, 1.807) is 55.5 Å². The normalized spacial score (nSPS) is 11.8. The third kappa shape index (κ3) is 6.94. The monoisotopic (exact) mass is 470 g/mol. The minimum Gasteiger partial charge on any atom is -0.459 e. The molecule has 3 amide bonds. The van der Waals surface area contributed by atoms with E-state index in [0.29, 0.717) is 22.6 Å². The number of rotatable bonds is 7. The van der Waals surface area contributed by atoms with Crippen molar-refractivity contribution in [2.75, 3.05) is 21.6 Å². The molecule has 0 spiro atoms. The van der Waals surface area contributed by atoms with Crippen molar-refractivity contribution in [3.8, 4) is 0 Å². The van der Waals surface area contributed by atoms with Crippen LogP contribution in [0, 0.1) is 0 Å². The van der Waals surface area contributed by atoms with Gasteiger partial charge in [-0.25, -0.2) is 8.42 Å². The summed E-state index contributed by atoms with van der Waals surface area (Å²) in [4.78, 5) is 36.8. The van der Waals surface area contributed by atoms with Crippen LogP contribution in [0.25, 0.3) is 0 Å². The van der Waals surface area contributed by atoms with Gasteiger partial charge in [0.2, 0.25) is 10.0 Å². The summed E-state index contributed by atoms with van der Waals surface area (Å²) in [5.41, 5.74) is 1.65. The molecule has 3 rings (SSSR count). The van der Waals surface area contributed by atoms with Crippen LogP contribution in [0.1, 0.15) is 29.1 Å². The minimum absolute atomic E-state index is 0.133. The second kappa shape index (κ2) is 10.0. The highest BCUT2D eigenvalue weighted by Gasteiger charge is 2.18. The van der Waals surface area contributed by atoms with Gasteiger partial charge in [0.25, 0.3) is 5.91 Å². The molecule has 11 heteroatoms. The summed E-state index contributed by atoms with van der Waals surface area (Å²) in [5, 5.41) is 7.66. The average molecular weight is 471 g/mol. The maximum absolute atomic E-state index is 12.3. The number of nitrogens with one attached hydrogen (secondary N) is 4. The standard InChI is InChI=1S/C22H22N4O6S/c1-14(15-6-3-9-18(12-15)26-33(2,30)31)23-21(28)22(29)25-17-8-4-7-16(13-17)24-20(27)19-10-5-11-32-19/h3-14,26H,1-2H3,(H,23,28)(H,24,27)(H,25,29)/t14-/m0/s1. The first-order chi connectivity index (χ1) is 15.6. The van der Waals surface area contributed by atoms with Crippen molar-refractivity contribution >= 4 is 44.8 Å². The Morgan fingerprint density at radius 2 is 1.52 bits per heavy atom. The summed E-state index contributed by atoms with van der Waals surface area (Å²) < 4.78 is 30.2. The Kier molecular flexibility index (Phi) is 7.13. The zero-order valence-electron chi connectivity index (χ0n) is 17.8. The molecule has 0 radical (unpaired) electrons. The van der Waals surface area contributed by atoms with E-state index in [-0.39, 0.29) is 5.76 Å². The van der Waals surface area contributed by atoms with Crippen LogP contribution in [0.2, 0.25) is 0 Å². The Morgan fingerprint density at radius 3 is 2.18 bits per heavy atom. The first-order valence-electron chi connectivity index (χ1n) is 9.75. The highest BCUT2D eigenvalue weighted by atomic mass is 32.2. The number of carbonyl (C=O) groups excluding carboxylic acids is 3. The molecule has 1 aromatic heterocycles. The summed E-state index contributed by atoms with van der Waals surface area (Å²) in [6, 6.07) is 15.3. The Hall–Kier alpha value is -4.12. The Bertz CT molecular complexity index is 1270. The maximum Gasteiger partial charge on any atom is 0.313 e. The number of hydrogen-bond acceptors (Lipinski definition) is 6. The Labute approximate surface area is 190 Å². The summed E-state index contributed by atoms with van der Waals surface area (Å²) in [6.45, 7) is 1.66. The van der Waals surface area contributed by atoms with Gasteiger partial charge in [0.15, 0.2) is 5.76 Å². The van der Waals surface area contributed by atoms with Gasteiger partial charge in [-0.2, -0.15) is 0 Å². The number of furan rings is 1. The number of benzene rings is 2. The minimum atomic E-state index is -3.45. The first kappa shape index (κ1) is 23.5. The largest absolute Gasteiger partial charge is 0.459 e. The van der Waals surface area contributed by atoms with E-state index in [4.69, 9.17) is 4.42 Å². The SMILES string of the molecule is C[C@H](NC(=O)C(=O)Nc1cccc(NC(=O)c2ccco2)c1)c1cccc(NS(C)(=O)=O)c1. The molecule has 1 atom stereocenters. The van der Waals surface area contributed by atoms with Crippen molar-refractivity contribution in [1.82, 2.24) is 5.32 Å². The summed E-state index contributed by atoms with van der Waals surface area (Å²) >= 11 is 0. The van der Waals surface area contributed by atoms with Gasteiger partial charge in [-0.15, -0.1) is 0 Å². The van der Waals surface area contributed by atoms with Crippen LogP contribution in [0.3, 0.4) is 0 Å². The fraction of sp³-hybridized carbons (Fsp3) is 0.136. The molecule has 0 unspecified atom stereocenters. The summed E-state index contributed by atoms with van der Waals surface area (Å²) in [6.07, 6.45) is 2.41. The molecule has 4 N–H and O–H groups in total. The highest BCUT2D eigenvalue weighted by molar-refractivity contribution is 7.92. The molecular formula is C22H22N4O6S. The predicted molar refractivity (Wildman–Crippen MR) is 123 cm³/mol. The van der Waals surface area contributed by atoms with Gasteiger partial charge in [-0.05, 0) is 55.0 Å². The fourth-order valence-corrected chi connectivity index (χ4v) is 3.45. The molecule has 0 aliphatic carbocycles. The van der Waals surface area contributed by atoms with E-state index in [2.05, 4.69) is 20.7 Å². The van der Waals surface area contributed by atoms with Crippen molar-refractivity contribution in [3.05, 3.63) is 78.3 Å². The lowest BCUT2D eigenvalue weighted by atomic mass is 10.1. The third-order valence-electron chi connectivity index (χ3n) is 4.37. The average Bonchev–Trinajstić information content (AvgIpc) is 3.28. The number of carbonyl (C=O) groups is 3. The number of sulfonamides is 1. The summed E-state index contributed by atoms with van der Waals surface area (Å²) in [7, 11) is -3.45.